The molecule has 2 nitrogen and oxygen atoms in total. The van der Waals surface area contributed by atoms with Gasteiger partial charge >= 0.3 is 19.2 Å². The Labute approximate surface area is 100 Å². The third-order valence-electron chi connectivity index (χ3n) is 1.71. The van der Waals surface area contributed by atoms with Crippen LogP contribution >= 0.6 is 0 Å². The van der Waals surface area contributed by atoms with Gasteiger partial charge in [0.15, 0.2) is 0 Å². The number of rotatable bonds is 3. The monoisotopic (exact) mass is 296 g/mol. The van der Waals surface area contributed by atoms with Crippen molar-refractivity contribution in [3.63, 3.8) is 0 Å². The molecule has 0 radical (unpaired) electrons. The first-order valence-electron chi connectivity index (χ1n) is 4.41. The predicted octanol–water partition coefficient (Wildman–Crippen LogP) is 4.21. The molecule has 0 aliphatic heterocycles. The Kier molecular flexibility index (Phi) is 4.11. The summed E-state index contributed by atoms with van der Waals surface area (Å²) in [6.07, 6.45) is -10.5. The highest BCUT2D eigenvalue weighted by atomic mass is 19.4. The Morgan fingerprint density at radius 3 is 1.95 bits per heavy atom. The Morgan fingerprint density at radius 1 is 0.947 bits per heavy atom. The lowest BCUT2D eigenvalue weighted by Gasteiger charge is -2.16. The normalized spacial score (nSPS) is 12.7. The molecule has 1 aromatic rings. The second-order valence-corrected chi connectivity index (χ2v) is 3.08. The fraction of sp³-hybridized carbons (Fsp3) is 0.333. The molecule has 0 bridgehead atoms. The van der Waals surface area contributed by atoms with Gasteiger partial charge in [-0.1, -0.05) is 0 Å². The van der Waals surface area contributed by atoms with Crippen molar-refractivity contribution < 1.29 is 44.6 Å². The Hall–Kier alpha value is -1.74. The van der Waals surface area contributed by atoms with Crippen molar-refractivity contribution >= 4 is 0 Å². The summed E-state index contributed by atoms with van der Waals surface area (Å²) < 4.78 is 103. The van der Waals surface area contributed by atoms with Crippen molar-refractivity contribution in [1.82, 2.24) is 0 Å². The molecule has 1 rings (SSSR count). The van der Waals surface area contributed by atoms with Gasteiger partial charge in [0.1, 0.15) is 11.5 Å². The molecule has 0 saturated heterocycles. The van der Waals surface area contributed by atoms with Crippen LogP contribution in [0.25, 0.3) is 0 Å². The topological polar surface area (TPSA) is 18.5 Å². The van der Waals surface area contributed by atoms with Crippen LogP contribution in [0.1, 0.15) is 5.56 Å². The van der Waals surface area contributed by atoms with Crippen molar-refractivity contribution in [3.05, 3.63) is 23.8 Å². The third-order valence-corrected chi connectivity index (χ3v) is 1.71. The molecule has 19 heavy (non-hydrogen) atoms. The molecule has 0 aliphatic carbocycles. The average molecular weight is 296 g/mol. The lowest BCUT2D eigenvalue weighted by atomic mass is 10.2. The fourth-order valence-corrected chi connectivity index (χ4v) is 1.12. The largest absolute Gasteiger partial charge is 0.573 e. The maximum atomic E-state index is 12.4. The summed E-state index contributed by atoms with van der Waals surface area (Å²) >= 11 is 0. The van der Waals surface area contributed by atoms with E-state index in [2.05, 4.69) is 9.47 Å². The van der Waals surface area contributed by atoms with Gasteiger partial charge in [0, 0.05) is 6.07 Å². The van der Waals surface area contributed by atoms with Gasteiger partial charge in [-0.25, -0.2) is 0 Å². The first-order chi connectivity index (χ1) is 8.49. The highest BCUT2D eigenvalue weighted by Crippen LogP contribution is 2.40. The molecule has 1 aromatic carbocycles. The second-order valence-electron chi connectivity index (χ2n) is 3.08. The quantitative estimate of drug-likeness (QED) is 0.778. The Balaban J connectivity index is 3.19. The molecule has 0 fully saturated rings. The summed E-state index contributed by atoms with van der Waals surface area (Å²) in [6, 6.07) is 0.694. The third kappa shape index (κ3) is 4.79. The Morgan fingerprint density at radius 2 is 1.53 bits per heavy atom. The van der Waals surface area contributed by atoms with Gasteiger partial charge in [-0.15, -0.1) is 13.2 Å². The number of benzene rings is 1. The fourth-order valence-electron chi connectivity index (χ4n) is 1.12. The smallest absolute Gasteiger partial charge is 0.435 e. The molecule has 0 unspecified atom stereocenters. The van der Waals surface area contributed by atoms with Crippen LogP contribution in [-0.4, -0.2) is 13.0 Å². The van der Waals surface area contributed by atoms with Crippen molar-refractivity contribution in [2.75, 3.05) is 0 Å². The molecule has 0 N–H and O–H groups in total. The minimum absolute atomic E-state index is 0.0858. The van der Waals surface area contributed by atoms with Crippen LogP contribution in [0.2, 0.25) is 0 Å². The van der Waals surface area contributed by atoms with Gasteiger partial charge in [0.05, 0.1) is 5.56 Å². The van der Waals surface area contributed by atoms with E-state index in [1.165, 1.54) is 0 Å². The highest BCUT2D eigenvalue weighted by Gasteiger charge is 2.39. The summed E-state index contributed by atoms with van der Waals surface area (Å²) in [5.74, 6) is -2.56. The van der Waals surface area contributed by atoms with E-state index in [1.807, 2.05) is 0 Å². The lowest BCUT2D eigenvalue weighted by Crippen LogP contribution is -2.20. The standard InChI is InChI=1S/C9H4F8O2/c10-7(11)18-4-1-2-5(8(12,13)14)6(3-4)19-9(15,16)17/h1-3,7H. The van der Waals surface area contributed by atoms with E-state index in [-0.39, 0.29) is 12.1 Å². The molecule has 10 heteroatoms. The molecule has 0 atom stereocenters. The first kappa shape index (κ1) is 15.3. The predicted molar refractivity (Wildman–Crippen MR) is 44.8 cm³/mol. The zero-order valence-corrected chi connectivity index (χ0v) is 8.65. The van der Waals surface area contributed by atoms with E-state index >= 15 is 0 Å². The van der Waals surface area contributed by atoms with Crippen LogP contribution in [-0.2, 0) is 6.18 Å². The van der Waals surface area contributed by atoms with Gasteiger partial charge in [-0.2, -0.15) is 22.0 Å². The molecular weight excluding hydrogens is 292 g/mol. The summed E-state index contributed by atoms with van der Waals surface area (Å²) in [7, 11) is 0. The van der Waals surface area contributed by atoms with Crippen molar-refractivity contribution in [3.8, 4) is 11.5 Å². The second kappa shape index (κ2) is 5.10. The number of halogens is 8. The summed E-state index contributed by atoms with van der Waals surface area (Å²) in [6.45, 7) is -3.39. The van der Waals surface area contributed by atoms with Gasteiger partial charge in [-0.05, 0) is 12.1 Å². The SMILES string of the molecule is FC(F)Oc1ccc(C(F)(F)F)c(OC(F)(F)F)c1. The van der Waals surface area contributed by atoms with Crippen LogP contribution in [0.3, 0.4) is 0 Å². The van der Waals surface area contributed by atoms with Crippen molar-refractivity contribution in [1.29, 1.82) is 0 Å². The zero-order chi connectivity index (χ0) is 14.8. The molecule has 0 spiro atoms. The van der Waals surface area contributed by atoms with Crippen molar-refractivity contribution in [2.24, 2.45) is 0 Å². The van der Waals surface area contributed by atoms with Crippen LogP contribution in [0.15, 0.2) is 18.2 Å². The average Bonchev–Trinajstić information content (AvgIpc) is 2.11. The summed E-state index contributed by atoms with van der Waals surface area (Å²) in [5.41, 5.74) is -1.76. The van der Waals surface area contributed by atoms with Gasteiger partial charge in [-0.3, -0.25) is 0 Å². The minimum Gasteiger partial charge on any atom is -0.435 e. The summed E-state index contributed by atoms with van der Waals surface area (Å²) in [5, 5.41) is 0. The molecule has 108 valence electrons. The Bertz CT molecular complexity index is 437. The van der Waals surface area contributed by atoms with E-state index in [0.717, 1.165) is 0 Å². The molecule has 0 aliphatic rings. The van der Waals surface area contributed by atoms with Crippen LogP contribution < -0.4 is 9.47 Å². The van der Waals surface area contributed by atoms with Crippen LogP contribution in [0.5, 0.6) is 11.5 Å². The zero-order valence-electron chi connectivity index (χ0n) is 8.65. The van der Waals surface area contributed by atoms with Crippen molar-refractivity contribution in [2.45, 2.75) is 19.2 Å². The number of alkyl halides is 8. The van der Waals surface area contributed by atoms with E-state index in [0.29, 0.717) is 6.07 Å². The minimum atomic E-state index is -5.40. The molecule has 0 amide bonds. The summed E-state index contributed by atoms with van der Waals surface area (Å²) in [4.78, 5) is 0. The first-order valence-corrected chi connectivity index (χ1v) is 4.41. The van der Waals surface area contributed by atoms with E-state index in [4.69, 9.17) is 0 Å². The van der Waals surface area contributed by atoms with E-state index in [9.17, 15) is 35.1 Å². The molecule has 0 saturated carbocycles. The maximum absolute atomic E-state index is 12.4. The molecule has 0 heterocycles. The number of hydrogen-bond acceptors (Lipinski definition) is 2. The molecular formula is C9H4F8O2. The van der Waals surface area contributed by atoms with E-state index < -0.39 is 36.2 Å². The number of hydrogen-bond donors (Lipinski definition) is 0. The maximum Gasteiger partial charge on any atom is 0.573 e. The van der Waals surface area contributed by atoms with Crippen LogP contribution in [0, 0.1) is 0 Å². The van der Waals surface area contributed by atoms with E-state index in [1.54, 1.807) is 0 Å². The van der Waals surface area contributed by atoms with Crippen LogP contribution in [0.4, 0.5) is 35.1 Å². The van der Waals surface area contributed by atoms with Gasteiger partial charge in [0.25, 0.3) is 0 Å². The highest BCUT2D eigenvalue weighted by molar-refractivity contribution is 5.42. The van der Waals surface area contributed by atoms with Gasteiger partial charge in [0.2, 0.25) is 0 Å². The molecule has 0 aromatic heterocycles. The number of ether oxygens (including phenoxy) is 2. The lowest BCUT2D eigenvalue weighted by molar-refractivity contribution is -0.276. The van der Waals surface area contributed by atoms with Gasteiger partial charge < -0.3 is 9.47 Å².